The number of hydrogen-bond donors (Lipinski definition) is 2. The molecule has 0 saturated carbocycles. The van der Waals surface area contributed by atoms with Crippen molar-refractivity contribution < 1.29 is 14.7 Å². The molecule has 0 spiro atoms. The molecule has 6 nitrogen and oxygen atoms in total. The van der Waals surface area contributed by atoms with Crippen LogP contribution in [0.15, 0.2) is 10.9 Å². The standard InChI is InChI=1S/C11H17N3O3S/c1-7(2)9(10(15)16)13-11(17)14(3)4-8-5-18-6-12-8/h5-7,9H,4H2,1-3H3,(H,13,17)(H,15,16). The molecule has 7 heteroatoms. The van der Waals surface area contributed by atoms with Gasteiger partial charge in [-0.1, -0.05) is 13.8 Å². The number of amides is 2. The molecule has 1 aromatic heterocycles. The Kier molecular flexibility index (Phi) is 5.08. The molecule has 1 aromatic rings. The molecule has 100 valence electrons. The number of thiazole rings is 1. The Morgan fingerprint density at radius 3 is 2.67 bits per heavy atom. The molecule has 1 heterocycles. The van der Waals surface area contributed by atoms with Gasteiger partial charge < -0.3 is 15.3 Å². The van der Waals surface area contributed by atoms with Crippen LogP contribution in [0, 0.1) is 5.92 Å². The molecule has 0 radical (unpaired) electrons. The first kappa shape index (κ1) is 14.4. The monoisotopic (exact) mass is 271 g/mol. The minimum atomic E-state index is -1.03. The van der Waals surface area contributed by atoms with Crippen LogP contribution >= 0.6 is 11.3 Å². The van der Waals surface area contributed by atoms with Gasteiger partial charge in [0.25, 0.3) is 0 Å². The van der Waals surface area contributed by atoms with E-state index < -0.39 is 18.0 Å². The SMILES string of the molecule is CC(C)C(NC(=O)N(C)Cc1cscn1)C(=O)O. The van der Waals surface area contributed by atoms with Gasteiger partial charge in [-0.3, -0.25) is 0 Å². The fourth-order valence-electron chi connectivity index (χ4n) is 1.39. The number of aliphatic carboxylic acids is 1. The lowest BCUT2D eigenvalue weighted by atomic mass is 10.1. The molecule has 2 N–H and O–H groups in total. The summed E-state index contributed by atoms with van der Waals surface area (Å²) in [5, 5.41) is 13.3. The minimum absolute atomic E-state index is 0.167. The Labute approximate surface area is 110 Å². The largest absolute Gasteiger partial charge is 0.480 e. The Morgan fingerprint density at radius 2 is 2.22 bits per heavy atom. The highest BCUT2D eigenvalue weighted by molar-refractivity contribution is 7.07. The zero-order valence-electron chi connectivity index (χ0n) is 10.6. The van der Waals surface area contributed by atoms with Crippen molar-refractivity contribution in [3.05, 3.63) is 16.6 Å². The average Bonchev–Trinajstić information content (AvgIpc) is 2.77. The maximum absolute atomic E-state index is 11.8. The molecule has 0 saturated heterocycles. The van der Waals surface area contributed by atoms with Crippen molar-refractivity contribution in [2.24, 2.45) is 5.92 Å². The average molecular weight is 271 g/mol. The van der Waals surface area contributed by atoms with E-state index >= 15 is 0 Å². The van der Waals surface area contributed by atoms with Crippen molar-refractivity contribution in [3.8, 4) is 0 Å². The lowest BCUT2D eigenvalue weighted by Crippen LogP contribution is -2.48. The summed E-state index contributed by atoms with van der Waals surface area (Å²) in [6, 6.07) is -1.29. The fourth-order valence-corrected chi connectivity index (χ4v) is 1.94. The predicted molar refractivity (Wildman–Crippen MR) is 68.4 cm³/mol. The molecule has 1 rings (SSSR count). The Bertz CT molecular complexity index is 406. The van der Waals surface area contributed by atoms with Crippen molar-refractivity contribution in [2.75, 3.05) is 7.05 Å². The summed E-state index contributed by atoms with van der Waals surface area (Å²) in [5.41, 5.74) is 2.48. The minimum Gasteiger partial charge on any atom is -0.480 e. The summed E-state index contributed by atoms with van der Waals surface area (Å²) < 4.78 is 0. The van der Waals surface area contributed by atoms with E-state index in [0.29, 0.717) is 6.54 Å². The van der Waals surface area contributed by atoms with Crippen LogP contribution in [0.25, 0.3) is 0 Å². The molecular weight excluding hydrogens is 254 g/mol. The van der Waals surface area contributed by atoms with Gasteiger partial charge in [-0.2, -0.15) is 0 Å². The zero-order valence-corrected chi connectivity index (χ0v) is 11.4. The molecule has 0 aromatic carbocycles. The van der Waals surface area contributed by atoms with Crippen molar-refractivity contribution in [1.82, 2.24) is 15.2 Å². The van der Waals surface area contributed by atoms with Crippen molar-refractivity contribution in [1.29, 1.82) is 0 Å². The first-order valence-electron chi connectivity index (χ1n) is 5.53. The van der Waals surface area contributed by atoms with Gasteiger partial charge in [-0.05, 0) is 5.92 Å². The van der Waals surface area contributed by atoms with Gasteiger partial charge >= 0.3 is 12.0 Å². The molecule has 1 atom stereocenters. The van der Waals surface area contributed by atoms with Gasteiger partial charge in [-0.25, -0.2) is 14.6 Å². The normalized spacial score (nSPS) is 12.2. The van der Waals surface area contributed by atoms with Crippen LogP contribution in [0.1, 0.15) is 19.5 Å². The topological polar surface area (TPSA) is 82.5 Å². The number of carboxylic acids is 1. The third-order valence-corrected chi connectivity index (χ3v) is 3.08. The number of carbonyl (C=O) groups is 2. The number of nitrogens with one attached hydrogen (secondary N) is 1. The number of aromatic nitrogens is 1. The summed E-state index contributed by atoms with van der Waals surface area (Å²) in [4.78, 5) is 28.3. The molecule has 2 amide bonds. The van der Waals surface area contributed by atoms with Crippen LogP contribution in [-0.2, 0) is 11.3 Å². The zero-order chi connectivity index (χ0) is 13.7. The van der Waals surface area contributed by atoms with Gasteiger partial charge in [0.1, 0.15) is 6.04 Å². The molecule has 0 aliphatic heterocycles. The summed E-state index contributed by atoms with van der Waals surface area (Å²) >= 11 is 1.45. The van der Waals surface area contributed by atoms with Gasteiger partial charge in [0.15, 0.2) is 0 Å². The molecule has 18 heavy (non-hydrogen) atoms. The number of carbonyl (C=O) groups excluding carboxylic acids is 1. The third kappa shape index (κ3) is 3.99. The molecule has 0 aliphatic rings. The molecular formula is C11H17N3O3S. The van der Waals surface area contributed by atoms with Crippen LogP contribution in [0.5, 0.6) is 0 Å². The highest BCUT2D eigenvalue weighted by Gasteiger charge is 2.24. The van der Waals surface area contributed by atoms with Crippen molar-refractivity contribution >= 4 is 23.3 Å². The lowest BCUT2D eigenvalue weighted by Gasteiger charge is -2.22. The first-order chi connectivity index (χ1) is 8.41. The number of rotatable bonds is 5. The quantitative estimate of drug-likeness (QED) is 0.848. The van der Waals surface area contributed by atoms with Gasteiger partial charge in [0.2, 0.25) is 0 Å². The summed E-state index contributed by atoms with van der Waals surface area (Å²) in [6.07, 6.45) is 0. The van der Waals surface area contributed by atoms with E-state index in [9.17, 15) is 9.59 Å². The summed E-state index contributed by atoms with van der Waals surface area (Å²) in [6.45, 7) is 3.86. The van der Waals surface area contributed by atoms with E-state index in [1.54, 1.807) is 26.4 Å². The second kappa shape index (κ2) is 6.34. The van der Waals surface area contributed by atoms with Crippen LogP contribution in [0.2, 0.25) is 0 Å². The van der Waals surface area contributed by atoms with Crippen molar-refractivity contribution in [3.63, 3.8) is 0 Å². The Morgan fingerprint density at radius 1 is 1.56 bits per heavy atom. The van der Waals surface area contributed by atoms with Gasteiger partial charge in [0.05, 0.1) is 17.7 Å². The van der Waals surface area contributed by atoms with Gasteiger partial charge in [0, 0.05) is 12.4 Å². The summed E-state index contributed by atoms with van der Waals surface area (Å²) in [7, 11) is 1.61. The van der Waals surface area contributed by atoms with Crippen LogP contribution in [-0.4, -0.2) is 40.1 Å². The number of hydrogen-bond acceptors (Lipinski definition) is 4. The predicted octanol–water partition coefficient (Wildman–Crippen LogP) is 1.39. The lowest BCUT2D eigenvalue weighted by molar-refractivity contribution is -0.140. The molecule has 0 aliphatic carbocycles. The smallest absolute Gasteiger partial charge is 0.326 e. The van der Waals surface area contributed by atoms with E-state index in [2.05, 4.69) is 10.3 Å². The van der Waals surface area contributed by atoms with E-state index in [1.807, 2.05) is 5.38 Å². The van der Waals surface area contributed by atoms with Crippen molar-refractivity contribution in [2.45, 2.75) is 26.4 Å². The maximum Gasteiger partial charge on any atom is 0.326 e. The Hall–Kier alpha value is -1.63. The highest BCUT2D eigenvalue weighted by Crippen LogP contribution is 2.06. The highest BCUT2D eigenvalue weighted by atomic mass is 32.1. The van der Waals surface area contributed by atoms with E-state index in [4.69, 9.17) is 5.11 Å². The number of nitrogens with zero attached hydrogens (tertiary/aromatic N) is 2. The Balaban J connectivity index is 2.56. The summed E-state index contributed by atoms with van der Waals surface area (Å²) in [5.74, 6) is -1.19. The second-order valence-corrected chi connectivity index (χ2v) is 5.06. The van der Waals surface area contributed by atoms with E-state index in [-0.39, 0.29) is 5.92 Å². The number of carboxylic acid groups (broad SMARTS) is 1. The van der Waals surface area contributed by atoms with Crippen LogP contribution < -0.4 is 5.32 Å². The fraction of sp³-hybridized carbons (Fsp3) is 0.545. The van der Waals surface area contributed by atoms with Gasteiger partial charge in [-0.15, -0.1) is 11.3 Å². The molecule has 1 unspecified atom stereocenters. The number of urea groups is 1. The van der Waals surface area contributed by atoms with Crippen LogP contribution in [0.3, 0.4) is 0 Å². The van der Waals surface area contributed by atoms with E-state index in [1.165, 1.54) is 16.2 Å². The third-order valence-electron chi connectivity index (χ3n) is 2.44. The molecule has 0 bridgehead atoms. The first-order valence-corrected chi connectivity index (χ1v) is 6.47. The molecule has 0 fully saturated rings. The maximum atomic E-state index is 11.8. The second-order valence-electron chi connectivity index (χ2n) is 4.35. The van der Waals surface area contributed by atoms with Crippen LogP contribution in [0.4, 0.5) is 4.79 Å². The van der Waals surface area contributed by atoms with E-state index in [0.717, 1.165) is 5.69 Å².